The van der Waals surface area contributed by atoms with E-state index in [1.807, 2.05) is 0 Å². The number of halogens is 1. The van der Waals surface area contributed by atoms with Crippen molar-refractivity contribution >= 4 is 21.4 Å². The van der Waals surface area contributed by atoms with Crippen LogP contribution in [-0.4, -0.2) is 31.9 Å². The van der Waals surface area contributed by atoms with E-state index < -0.39 is 21.6 Å². The van der Waals surface area contributed by atoms with Crippen molar-refractivity contribution in [1.82, 2.24) is 5.32 Å². The third-order valence-electron chi connectivity index (χ3n) is 3.54. The zero-order chi connectivity index (χ0) is 14.9. The summed E-state index contributed by atoms with van der Waals surface area (Å²) >= 11 is 0. The molecule has 0 aromatic heterocycles. The minimum atomic E-state index is -2.97. The summed E-state index contributed by atoms with van der Waals surface area (Å²) in [6, 6.07) is 2.37. The van der Waals surface area contributed by atoms with Crippen LogP contribution in [0.3, 0.4) is 0 Å². The molecule has 20 heavy (non-hydrogen) atoms. The Balaban J connectivity index is 2.06. The van der Waals surface area contributed by atoms with Crippen molar-refractivity contribution in [2.75, 3.05) is 17.2 Å². The number of amides is 1. The van der Waals surface area contributed by atoms with Gasteiger partial charge in [-0.3, -0.25) is 4.79 Å². The van der Waals surface area contributed by atoms with Crippen molar-refractivity contribution in [3.63, 3.8) is 0 Å². The molecule has 0 unspecified atom stereocenters. The number of sulfone groups is 1. The second-order valence-electron chi connectivity index (χ2n) is 5.07. The van der Waals surface area contributed by atoms with Crippen LogP contribution in [-0.2, 0) is 9.84 Å². The van der Waals surface area contributed by atoms with Crippen molar-refractivity contribution < 1.29 is 17.6 Å². The molecule has 1 saturated heterocycles. The van der Waals surface area contributed by atoms with Crippen LogP contribution < -0.4 is 11.1 Å². The van der Waals surface area contributed by atoms with Crippen molar-refractivity contribution in [2.24, 2.45) is 0 Å². The van der Waals surface area contributed by atoms with Gasteiger partial charge in [0.1, 0.15) is 15.7 Å². The van der Waals surface area contributed by atoms with Gasteiger partial charge in [-0.2, -0.15) is 0 Å². The van der Waals surface area contributed by atoms with Crippen LogP contribution in [0.2, 0.25) is 0 Å². The molecule has 0 aliphatic carbocycles. The maximum atomic E-state index is 13.5. The Morgan fingerprint density at radius 2 is 1.95 bits per heavy atom. The number of carbonyl (C=O) groups excluding carboxylic acids is 1. The smallest absolute Gasteiger partial charge is 0.251 e. The summed E-state index contributed by atoms with van der Waals surface area (Å²) in [5.74, 6) is -0.814. The Bertz CT molecular complexity index is 606. The third kappa shape index (κ3) is 3.27. The number of nitrogens with two attached hydrogens (primary N) is 1. The van der Waals surface area contributed by atoms with Gasteiger partial charge in [-0.1, -0.05) is 0 Å². The van der Waals surface area contributed by atoms with Gasteiger partial charge < -0.3 is 11.1 Å². The molecule has 1 aromatic carbocycles. The van der Waals surface area contributed by atoms with Crippen LogP contribution in [0.4, 0.5) is 10.1 Å². The Hall–Kier alpha value is -1.63. The summed E-state index contributed by atoms with van der Waals surface area (Å²) in [5.41, 5.74) is 6.31. The van der Waals surface area contributed by atoms with Crippen LogP contribution >= 0.6 is 0 Å². The van der Waals surface area contributed by atoms with Gasteiger partial charge in [0.2, 0.25) is 0 Å². The zero-order valence-electron chi connectivity index (χ0n) is 11.1. The standard InChI is InChI=1S/C13H17FN2O3S/c1-8-11(14)6-9(7-12(8)15)13(17)16-10-2-4-20(18,19)5-3-10/h6-7,10H,2-5,15H2,1H3,(H,16,17). The number of rotatable bonds is 2. The summed E-state index contributed by atoms with van der Waals surface area (Å²) in [6.45, 7) is 1.54. The molecule has 7 heteroatoms. The molecule has 2 rings (SSSR count). The first kappa shape index (κ1) is 14.8. The van der Waals surface area contributed by atoms with Gasteiger partial charge in [0.05, 0.1) is 11.5 Å². The number of benzene rings is 1. The number of carbonyl (C=O) groups is 1. The fourth-order valence-electron chi connectivity index (χ4n) is 2.13. The second-order valence-corrected chi connectivity index (χ2v) is 7.38. The van der Waals surface area contributed by atoms with Crippen LogP contribution in [0.15, 0.2) is 12.1 Å². The molecule has 110 valence electrons. The maximum Gasteiger partial charge on any atom is 0.251 e. The van der Waals surface area contributed by atoms with Crippen molar-refractivity contribution in [3.05, 3.63) is 29.1 Å². The largest absolute Gasteiger partial charge is 0.398 e. The number of nitrogen functional groups attached to an aromatic ring is 1. The van der Waals surface area contributed by atoms with Crippen LogP contribution in [0.1, 0.15) is 28.8 Å². The third-order valence-corrected chi connectivity index (χ3v) is 5.25. The fraction of sp³-hybridized carbons (Fsp3) is 0.462. The van der Waals surface area contributed by atoms with Gasteiger partial charge in [-0.15, -0.1) is 0 Å². The monoisotopic (exact) mass is 300 g/mol. The van der Waals surface area contributed by atoms with Crippen LogP contribution in [0.5, 0.6) is 0 Å². The lowest BCUT2D eigenvalue weighted by Gasteiger charge is -2.23. The minimum absolute atomic E-state index is 0.0718. The van der Waals surface area contributed by atoms with Crippen molar-refractivity contribution in [1.29, 1.82) is 0 Å². The summed E-state index contributed by atoms with van der Waals surface area (Å²) in [6.07, 6.45) is 0.774. The molecule has 1 aromatic rings. The molecule has 1 amide bonds. The molecule has 0 bridgehead atoms. The van der Waals surface area contributed by atoms with E-state index in [0.29, 0.717) is 18.4 Å². The fourth-order valence-corrected chi connectivity index (χ4v) is 3.63. The molecule has 1 heterocycles. The lowest BCUT2D eigenvalue weighted by Crippen LogP contribution is -2.40. The van der Waals surface area contributed by atoms with E-state index in [1.165, 1.54) is 6.07 Å². The summed E-state index contributed by atoms with van der Waals surface area (Å²) in [4.78, 5) is 12.0. The van der Waals surface area contributed by atoms with E-state index in [9.17, 15) is 17.6 Å². The van der Waals surface area contributed by atoms with Crippen LogP contribution in [0.25, 0.3) is 0 Å². The summed E-state index contributed by atoms with van der Waals surface area (Å²) in [7, 11) is -2.97. The minimum Gasteiger partial charge on any atom is -0.398 e. The molecule has 3 N–H and O–H groups in total. The highest BCUT2D eigenvalue weighted by atomic mass is 32.2. The first-order valence-corrected chi connectivity index (χ1v) is 8.17. The Kier molecular flexibility index (Phi) is 3.99. The van der Waals surface area contributed by atoms with Gasteiger partial charge in [-0.05, 0) is 31.9 Å². The number of hydrogen-bond acceptors (Lipinski definition) is 4. The number of hydrogen-bond donors (Lipinski definition) is 2. The number of nitrogens with one attached hydrogen (secondary N) is 1. The number of anilines is 1. The van der Waals surface area contributed by atoms with E-state index in [4.69, 9.17) is 5.73 Å². The van der Waals surface area contributed by atoms with Gasteiger partial charge in [0.25, 0.3) is 5.91 Å². The van der Waals surface area contributed by atoms with Gasteiger partial charge in [-0.25, -0.2) is 12.8 Å². The van der Waals surface area contributed by atoms with E-state index in [2.05, 4.69) is 5.32 Å². The molecule has 0 radical (unpaired) electrons. The van der Waals surface area contributed by atoms with E-state index in [-0.39, 0.29) is 28.8 Å². The lowest BCUT2D eigenvalue weighted by molar-refractivity contribution is 0.0934. The molecule has 0 atom stereocenters. The molecule has 1 fully saturated rings. The highest BCUT2D eigenvalue weighted by Crippen LogP contribution is 2.18. The zero-order valence-corrected chi connectivity index (χ0v) is 12.0. The Labute approximate surface area is 117 Å². The molecule has 5 nitrogen and oxygen atoms in total. The Morgan fingerprint density at radius 3 is 2.50 bits per heavy atom. The maximum absolute atomic E-state index is 13.5. The molecule has 1 aliphatic heterocycles. The van der Waals surface area contributed by atoms with Gasteiger partial charge in [0, 0.05) is 22.9 Å². The Morgan fingerprint density at radius 1 is 1.35 bits per heavy atom. The second kappa shape index (κ2) is 5.40. The highest BCUT2D eigenvalue weighted by molar-refractivity contribution is 7.91. The average Bonchev–Trinajstić information content (AvgIpc) is 2.37. The van der Waals surface area contributed by atoms with Gasteiger partial charge in [0.15, 0.2) is 0 Å². The van der Waals surface area contributed by atoms with Crippen molar-refractivity contribution in [2.45, 2.75) is 25.8 Å². The first-order chi connectivity index (χ1) is 9.28. The lowest BCUT2D eigenvalue weighted by atomic mass is 10.1. The molecular formula is C13H17FN2O3S. The molecule has 1 aliphatic rings. The molecular weight excluding hydrogens is 283 g/mol. The topological polar surface area (TPSA) is 89.3 Å². The van der Waals surface area contributed by atoms with E-state index in [1.54, 1.807) is 6.92 Å². The van der Waals surface area contributed by atoms with E-state index >= 15 is 0 Å². The van der Waals surface area contributed by atoms with E-state index in [0.717, 1.165) is 6.07 Å². The molecule has 0 saturated carbocycles. The summed E-state index contributed by atoms with van der Waals surface area (Å²) in [5, 5.41) is 2.72. The average molecular weight is 300 g/mol. The normalized spacial score (nSPS) is 18.7. The van der Waals surface area contributed by atoms with Crippen LogP contribution in [0, 0.1) is 12.7 Å². The quantitative estimate of drug-likeness (QED) is 0.798. The first-order valence-electron chi connectivity index (χ1n) is 6.35. The summed E-state index contributed by atoms with van der Waals surface area (Å²) < 4.78 is 36.1. The SMILES string of the molecule is Cc1c(N)cc(C(=O)NC2CCS(=O)(=O)CC2)cc1F. The predicted molar refractivity (Wildman–Crippen MR) is 74.7 cm³/mol. The highest BCUT2D eigenvalue weighted by Gasteiger charge is 2.25. The van der Waals surface area contributed by atoms with Gasteiger partial charge >= 0.3 is 0 Å². The predicted octanol–water partition coefficient (Wildman–Crippen LogP) is 1.02. The molecule has 0 spiro atoms. The van der Waals surface area contributed by atoms with Crippen molar-refractivity contribution in [3.8, 4) is 0 Å².